The number of nitrogens with zero attached hydrogens (tertiary/aromatic N) is 2. The molecule has 1 aromatic heterocycles. The van der Waals surface area contributed by atoms with Crippen molar-refractivity contribution in [1.82, 2.24) is 4.98 Å². The van der Waals surface area contributed by atoms with E-state index in [-0.39, 0.29) is 11.8 Å². The molecule has 4 rings (SSSR count). The third-order valence-electron chi connectivity index (χ3n) is 5.19. The van der Waals surface area contributed by atoms with Gasteiger partial charge in [-0.1, -0.05) is 30.0 Å². The highest BCUT2D eigenvalue weighted by molar-refractivity contribution is 7.99. The largest absolute Gasteiger partial charge is 0.326 e. The van der Waals surface area contributed by atoms with Gasteiger partial charge in [0.2, 0.25) is 5.91 Å². The molecule has 6 heteroatoms. The molecule has 2 aromatic carbocycles. The molecule has 0 aliphatic carbocycles. The summed E-state index contributed by atoms with van der Waals surface area (Å²) in [6.07, 6.45) is 2.61. The molecule has 2 amide bonds. The first-order valence-electron chi connectivity index (χ1n) is 9.94. The van der Waals surface area contributed by atoms with Crippen molar-refractivity contribution in [2.45, 2.75) is 36.6 Å². The molecule has 0 saturated carbocycles. The molecule has 0 atom stereocenters. The van der Waals surface area contributed by atoms with Gasteiger partial charge in [0.05, 0.1) is 11.3 Å². The smallest absolute Gasteiger partial charge is 0.261 e. The van der Waals surface area contributed by atoms with E-state index < -0.39 is 0 Å². The number of benzene rings is 2. The summed E-state index contributed by atoms with van der Waals surface area (Å²) < 4.78 is 0. The fourth-order valence-corrected chi connectivity index (χ4v) is 4.44. The van der Waals surface area contributed by atoms with Gasteiger partial charge in [-0.15, -0.1) is 0 Å². The standard InChI is InChI=1S/C24H23N3O2S/c1-16-11-12-18(15-17(16)2)26-22(28)10-6-14-27-20-8-3-4-9-21(20)30-23-19(24(27)29)7-5-13-25-23/h3-5,7-9,11-13,15H,6,10,14H2,1-2H3,(H,26,28). The molecule has 1 aliphatic heterocycles. The van der Waals surface area contributed by atoms with Crippen molar-refractivity contribution in [3.8, 4) is 0 Å². The lowest BCUT2D eigenvalue weighted by Gasteiger charge is -2.22. The number of nitrogens with one attached hydrogen (secondary N) is 1. The number of anilines is 2. The van der Waals surface area contributed by atoms with Crippen LogP contribution in [0.2, 0.25) is 0 Å². The summed E-state index contributed by atoms with van der Waals surface area (Å²) in [6, 6.07) is 17.3. The summed E-state index contributed by atoms with van der Waals surface area (Å²) in [4.78, 5) is 32.8. The number of fused-ring (bicyclic) bond motifs is 2. The maximum absolute atomic E-state index is 13.2. The van der Waals surface area contributed by atoms with Crippen molar-refractivity contribution in [3.63, 3.8) is 0 Å². The molecule has 5 nitrogen and oxygen atoms in total. The number of amides is 2. The van der Waals surface area contributed by atoms with E-state index in [0.717, 1.165) is 21.8 Å². The van der Waals surface area contributed by atoms with E-state index in [4.69, 9.17) is 0 Å². The molecule has 2 heterocycles. The molecule has 0 fully saturated rings. The summed E-state index contributed by atoms with van der Waals surface area (Å²) in [7, 11) is 0. The van der Waals surface area contributed by atoms with Crippen LogP contribution >= 0.6 is 11.8 Å². The second kappa shape index (κ2) is 8.71. The first kappa shape index (κ1) is 20.2. The normalized spacial score (nSPS) is 12.7. The maximum Gasteiger partial charge on any atom is 0.261 e. The van der Waals surface area contributed by atoms with Gasteiger partial charge in [-0.05, 0) is 67.8 Å². The van der Waals surface area contributed by atoms with E-state index in [0.29, 0.717) is 30.0 Å². The van der Waals surface area contributed by atoms with Crippen LogP contribution in [-0.2, 0) is 4.79 Å². The lowest BCUT2D eigenvalue weighted by molar-refractivity contribution is -0.116. The number of hydrogen-bond donors (Lipinski definition) is 1. The van der Waals surface area contributed by atoms with Gasteiger partial charge in [-0.2, -0.15) is 0 Å². The van der Waals surface area contributed by atoms with Crippen LogP contribution in [0.3, 0.4) is 0 Å². The Morgan fingerprint density at radius 2 is 1.90 bits per heavy atom. The molecule has 152 valence electrons. The molecule has 1 N–H and O–H groups in total. The van der Waals surface area contributed by atoms with Gasteiger partial charge in [0.25, 0.3) is 5.91 Å². The summed E-state index contributed by atoms with van der Waals surface area (Å²) in [6.45, 7) is 4.53. The molecule has 0 unspecified atom stereocenters. The monoisotopic (exact) mass is 417 g/mol. The van der Waals surface area contributed by atoms with Crippen molar-refractivity contribution >= 4 is 35.0 Å². The number of rotatable bonds is 5. The first-order valence-corrected chi connectivity index (χ1v) is 10.8. The number of aromatic nitrogens is 1. The van der Waals surface area contributed by atoms with Crippen LogP contribution in [0.4, 0.5) is 11.4 Å². The van der Waals surface area contributed by atoms with Gasteiger partial charge in [-0.3, -0.25) is 9.59 Å². The van der Waals surface area contributed by atoms with Crippen molar-refractivity contribution < 1.29 is 9.59 Å². The number of carbonyl (C=O) groups excluding carboxylic acids is 2. The minimum atomic E-state index is -0.0786. The van der Waals surface area contributed by atoms with Crippen molar-refractivity contribution in [3.05, 3.63) is 77.5 Å². The predicted molar refractivity (Wildman–Crippen MR) is 120 cm³/mol. The summed E-state index contributed by atoms with van der Waals surface area (Å²) in [5, 5.41) is 3.66. The lowest BCUT2D eigenvalue weighted by Crippen LogP contribution is -2.32. The Morgan fingerprint density at radius 1 is 1.07 bits per heavy atom. The van der Waals surface area contributed by atoms with Gasteiger partial charge in [0.15, 0.2) is 0 Å². The Morgan fingerprint density at radius 3 is 2.73 bits per heavy atom. The van der Waals surface area contributed by atoms with Crippen LogP contribution in [0.15, 0.2) is 70.7 Å². The van der Waals surface area contributed by atoms with Crippen LogP contribution in [0.25, 0.3) is 0 Å². The summed E-state index contributed by atoms with van der Waals surface area (Å²) >= 11 is 1.50. The van der Waals surface area contributed by atoms with Crippen LogP contribution in [-0.4, -0.2) is 23.3 Å². The predicted octanol–water partition coefficient (Wildman–Crippen LogP) is 5.23. The molecule has 0 bridgehead atoms. The number of pyridine rings is 1. The number of carbonyl (C=O) groups is 2. The maximum atomic E-state index is 13.2. The lowest BCUT2D eigenvalue weighted by atomic mass is 10.1. The highest BCUT2D eigenvalue weighted by atomic mass is 32.2. The second-order valence-corrected chi connectivity index (χ2v) is 8.36. The van der Waals surface area contributed by atoms with Crippen molar-refractivity contribution in [2.24, 2.45) is 0 Å². The summed E-state index contributed by atoms with van der Waals surface area (Å²) in [5.41, 5.74) is 4.59. The van der Waals surface area contributed by atoms with Gasteiger partial charge < -0.3 is 10.2 Å². The van der Waals surface area contributed by atoms with Gasteiger partial charge in [0.1, 0.15) is 5.03 Å². The average molecular weight is 418 g/mol. The third-order valence-corrected chi connectivity index (χ3v) is 6.27. The number of para-hydroxylation sites is 1. The highest BCUT2D eigenvalue weighted by Crippen LogP contribution is 2.40. The van der Waals surface area contributed by atoms with E-state index in [2.05, 4.69) is 10.3 Å². The SMILES string of the molecule is Cc1ccc(NC(=O)CCCN2C(=O)c3cccnc3Sc3ccccc32)cc1C. The quantitative estimate of drug-likeness (QED) is 0.618. The zero-order valence-corrected chi connectivity index (χ0v) is 17.8. The molecule has 1 aliphatic rings. The Hall–Kier alpha value is -3.12. The van der Waals surface area contributed by atoms with Gasteiger partial charge in [0, 0.05) is 29.7 Å². The Bertz CT molecular complexity index is 1110. The molecule has 0 spiro atoms. The minimum absolute atomic E-state index is 0.0507. The van der Waals surface area contributed by atoms with Crippen molar-refractivity contribution in [1.29, 1.82) is 0 Å². The van der Waals surface area contributed by atoms with E-state index in [1.54, 1.807) is 17.2 Å². The van der Waals surface area contributed by atoms with Crippen molar-refractivity contribution in [2.75, 3.05) is 16.8 Å². The molecule has 30 heavy (non-hydrogen) atoms. The topological polar surface area (TPSA) is 62.3 Å². The van der Waals surface area contributed by atoms with Gasteiger partial charge in [-0.25, -0.2) is 4.98 Å². The zero-order valence-electron chi connectivity index (χ0n) is 17.0. The van der Waals surface area contributed by atoms with E-state index in [9.17, 15) is 9.59 Å². The van der Waals surface area contributed by atoms with Crippen LogP contribution in [0.1, 0.15) is 34.3 Å². The average Bonchev–Trinajstić information content (AvgIpc) is 2.86. The van der Waals surface area contributed by atoms with E-state index in [1.165, 1.54) is 17.3 Å². The second-order valence-electron chi connectivity index (χ2n) is 7.33. The molecular formula is C24H23N3O2S. The minimum Gasteiger partial charge on any atom is -0.326 e. The molecule has 0 saturated heterocycles. The fraction of sp³-hybridized carbons (Fsp3) is 0.208. The highest BCUT2D eigenvalue weighted by Gasteiger charge is 2.27. The molecule has 0 radical (unpaired) electrons. The van der Waals surface area contributed by atoms with E-state index >= 15 is 0 Å². The zero-order chi connectivity index (χ0) is 21.1. The first-order chi connectivity index (χ1) is 14.5. The van der Waals surface area contributed by atoms with Crippen LogP contribution < -0.4 is 10.2 Å². The van der Waals surface area contributed by atoms with Crippen LogP contribution in [0.5, 0.6) is 0 Å². The Kier molecular flexibility index (Phi) is 5.86. The fourth-order valence-electron chi connectivity index (χ4n) is 3.42. The number of aryl methyl sites for hydroxylation is 2. The summed E-state index contributed by atoms with van der Waals surface area (Å²) in [5.74, 6) is -0.129. The Labute approximate surface area is 180 Å². The number of hydrogen-bond acceptors (Lipinski definition) is 4. The van der Waals surface area contributed by atoms with Crippen LogP contribution in [0, 0.1) is 13.8 Å². The van der Waals surface area contributed by atoms with E-state index in [1.807, 2.05) is 62.4 Å². The molecular weight excluding hydrogens is 394 g/mol. The molecule has 3 aromatic rings. The third kappa shape index (κ3) is 4.24. The van der Waals surface area contributed by atoms with Gasteiger partial charge >= 0.3 is 0 Å². The Balaban J connectivity index is 1.46.